The van der Waals surface area contributed by atoms with Crippen LogP contribution in [0.15, 0.2) is 0 Å². The van der Waals surface area contributed by atoms with Gasteiger partial charge in [-0.15, -0.1) is 0 Å². The lowest BCUT2D eigenvalue weighted by molar-refractivity contribution is -0.153. The van der Waals surface area contributed by atoms with Crippen molar-refractivity contribution in [1.82, 2.24) is 4.90 Å². The molecule has 1 unspecified atom stereocenters. The Kier molecular flexibility index (Phi) is 6.06. The highest BCUT2D eigenvalue weighted by Gasteiger charge is 2.51. The molecule has 1 atom stereocenters. The van der Waals surface area contributed by atoms with Crippen LogP contribution in [0.4, 0.5) is 4.79 Å². The lowest BCUT2D eigenvalue weighted by atomic mass is 9.91. The first-order valence-electron chi connectivity index (χ1n) is 7.68. The summed E-state index contributed by atoms with van der Waals surface area (Å²) in [6.07, 6.45) is 2.20. The molecule has 23 heavy (non-hydrogen) atoms. The first-order chi connectivity index (χ1) is 10.4. The molecule has 0 saturated carbocycles. The number of hydrogen-bond acceptors (Lipinski definition) is 6. The highest BCUT2D eigenvalue weighted by atomic mass is 32.2. The largest absolute Gasteiger partial charge is 0.467 e. The second-order valence-corrected chi connectivity index (χ2v) is 9.25. The Morgan fingerprint density at radius 3 is 2.35 bits per heavy atom. The molecule has 7 nitrogen and oxygen atoms in total. The third kappa shape index (κ3) is 5.37. The first kappa shape index (κ1) is 19.7. The van der Waals surface area contributed by atoms with Crippen molar-refractivity contribution in [1.29, 1.82) is 0 Å². The zero-order valence-corrected chi connectivity index (χ0v) is 15.4. The van der Waals surface area contributed by atoms with Crippen molar-refractivity contribution in [2.45, 2.75) is 57.6 Å². The number of ether oxygens (including phenoxy) is 2. The standard InChI is InChI=1S/C15H27NO6S/c1-14(2,3)22-13(18)16-10-6-8-15(16,12(17)21-4)9-7-11-23(5,19)20/h6-11H2,1-5H3. The molecule has 0 aromatic rings. The van der Waals surface area contributed by atoms with Crippen LogP contribution >= 0.6 is 0 Å². The van der Waals surface area contributed by atoms with Gasteiger partial charge >= 0.3 is 12.1 Å². The van der Waals surface area contributed by atoms with Gasteiger partial charge in [0.15, 0.2) is 0 Å². The number of esters is 1. The van der Waals surface area contributed by atoms with Gasteiger partial charge in [0, 0.05) is 18.6 Å². The molecule has 1 amide bonds. The molecule has 0 bridgehead atoms. The molecule has 0 radical (unpaired) electrons. The van der Waals surface area contributed by atoms with Crippen LogP contribution in [0.25, 0.3) is 0 Å². The van der Waals surface area contributed by atoms with Crippen molar-refractivity contribution in [3.63, 3.8) is 0 Å². The van der Waals surface area contributed by atoms with E-state index in [9.17, 15) is 18.0 Å². The molecule has 1 fully saturated rings. The summed E-state index contributed by atoms with van der Waals surface area (Å²) in [5.41, 5.74) is -1.81. The van der Waals surface area contributed by atoms with Crippen molar-refractivity contribution in [3.05, 3.63) is 0 Å². The Hall–Kier alpha value is -1.31. The van der Waals surface area contributed by atoms with Gasteiger partial charge in [-0.25, -0.2) is 18.0 Å². The van der Waals surface area contributed by atoms with E-state index >= 15 is 0 Å². The fraction of sp³-hybridized carbons (Fsp3) is 0.867. The van der Waals surface area contributed by atoms with Gasteiger partial charge in [-0.3, -0.25) is 4.90 Å². The quantitative estimate of drug-likeness (QED) is 0.703. The van der Waals surface area contributed by atoms with Gasteiger partial charge in [0.25, 0.3) is 0 Å². The van der Waals surface area contributed by atoms with E-state index in [2.05, 4.69) is 0 Å². The number of carbonyl (C=O) groups is 2. The first-order valence-corrected chi connectivity index (χ1v) is 9.74. The highest BCUT2D eigenvalue weighted by Crippen LogP contribution is 2.36. The molecule has 1 saturated heterocycles. The van der Waals surface area contributed by atoms with Crippen molar-refractivity contribution in [3.8, 4) is 0 Å². The van der Waals surface area contributed by atoms with E-state index in [-0.39, 0.29) is 18.6 Å². The number of amides is 1. The Bertz CT molecular complexity index is 551. The van der Waals surface area contributed by atoms with Crippen LogP contribution in [0.3, 0.4) is 0 Å². The van der Waals surface area contributed by atoms with Gasteiger partial charge in [-0.2, -0.15) is 0 Å². The van der Waals surface area contributed by atoms with Crippen LogP contribution in [-0.4, -0.2) is 62.2 Å². The number of nitrogens with zero attached hydrogens (tertiary/aromatic N) is 1. The SMILES string of the molecule is COC(=O)C1(CCCS(C)(=O)=O)CCCN1C(=O)OC(C)(C)C. The monoisotopic (exact) mass is 349 g/mol. The molecule has 1 aliphatic heterocycles. The number of likely N-dealkylation sites (tertiary alicyclic amines) is 1. The highest BCUT2D eigenvalue weighted by molar-refractivity contribution is 7.90. The summed E-state index contributed by atoms with van der Waals surface area (Å²) < 4.78 is 32.9. The normalized spacial score (nSPS) is 22.0. The minimum atomic E-state index is -3.13. The summed E-state index contributed by atoms with van der Waals surface area (Å²) in [7, 11) is -1.86. The summed E-state index contributed by atoms with van der Waals surface area (Å²) in [5, 5.41) is 0. The molecule has 0 spiro atoms. The van der Waals surface area contributed by atoms with Crippen molar-refractivity contribution < 1.29 is 27.5 Å². The maximum absolute atomic E-state index is 12.4. The Labute approximate surface area is 138 Å². The Morgan fingerprint density at radius 2 is 1.87 bits per heavy atom. The van der Waals surface area contributed by atoms with Crippen LogP contribution in [0.5, 0.6) is 0 Å². The van der Waals surface area contributed by atoms with Crippen LogP contribution in [0, 0.1) is 0 Å². The summed E-state index contributed by atoms with van der Waals surface area (Å²) in [5.74, 6) is -0.553. The number of rotatable bonds is 5. The molecule has 1 rings (SSSR count). The van der Waals surface area contributed by atoms with Crippen LogP contribution in [0.1, 0.15) is 46.5 Å². The van der Waals surface area contributed by atoms with Crippen LogP contribution in [-0.2, 0) is 24.1 Å². The number of methoxy groups -OCH3 is 1. The maximum Gasteiger partial charge on any atom is 0.411 e. The van der Waals surface area contributed by atoms with Gasteiger partial charge in [-0.1, -0.05) is 0 Å². The Balaban J connectivity index is 2.98. The zero-order valence-electron chi connectivity index (χ0n) is 14.5. The summed E-state index contributed by atoms with van der Waals surface area (Å²) in [4.78, 5) is 26.2. The molecule has 0 aliphatic carbocycles. The van der Waals surface area contributed by atoms with E-state index in [1.54, 1.807) is 20.8 Å². The fourth-order valence-corrected chi connectivity index (χ4v) is 3.52. The predicted octanol–water partition coefficient (Wildman–Crippen LogP) is 1.75. The molecule has 0 aromatic carbocycles. The van der Waals surface area contributed by atoms with Gasteiger partial charge < -0.3 is 9.47 Å². The second kappa shape index (κ2) is 7.07. The summed E-state index contributed by atoms with van der Waals surface area (Å²) in [6, 6.07) is 0. The van der Waals surface area contributed by atoms with E-state index in [4.69, 9.17) is 9.47 Å². The Morgan fingerprint density at radius 1 is 1.26 bits per heavy atom. The van der Waals surface area contributed by atoms with Crippen LogP contribution in [0.2, 0.25) is 0 Å². The van der Waals surface area contributed by atoms with Crippen molar-refractivity contribution >= 4 is 21.9 Å². The summed E-state index contributed by atoms with van der Waals surface area (Å²) in [6.45, 7) is 5.66. The van der Waals surface area contributed by atoms with Gasteiger partial charge in [0.2, 0.25) is 0 Å². The minimum absolute atomic E-state index is 0.0338. The second-order valence-electron chi connectivity index (χ2n) is 6.99. The van der Waals surface area contributed by atoms with Gasteiger partial charge in [0.1, 0.15) is 21.0 Å². The molecule has 0 N–H and O–H groups in total. The third-order valence-corrected chi connectivity index (χ3v) is 4.80. The lowest BCUT2D eigenvalue weighted by Crippen LogP contribution is -2.54. The molecule has 1 heterocycles. The molecule has 0 aromatic heterocycles. The van der Waals surface area contributed by atoms with E-state index in [0.29, 0.717) is 19.4 Å². The van der Waals surface area contributed by atoms with Crippen molar-refractivity contribution in [2.24, 2.45) is 0 Å². The minimum Gasteiger partial charge on any atom is -0.467 e. The molecule has 134 valence electrons. The summed E-state index contributed by atoms with van der Waals surface area (Å²) >= 11 is 0. The average Bonchev–Trinajstić information content (AvgIpc) is 2.79. The van der Waals surface area contributed by atoms with E-state index < -0.39 is 33.0 Å². The maximum atomic E-state index is 12.4. The van der Waals surface area contributed by atoms with E-state index in [1.807, 2.05) is 0 Å². The van der Waals surface area contributed by atoms with Gasteiger partial charge in [0.05, 0.1) is 7.11 Å². The number of hydrogen-bond donors (Lipinski definition) is 0. The smallest absolute Gasteiger partial charge is 0.411 e. The molecular weight excluding hydrogens is 322 g/mol. The van der Waals surface area contributed by atoms with E-state index in [0.717, 1.165) is 6.26 Å². The lowest BCUT2D eigenvalue weighted by Gasteiger charge is -2.36. The average molecular weight is 349 g/mol. The zero-order chi connectivity index (χ0) is 17.9. The number of carbonyl (C=O) groups excluding carboxylic acids is 2. The van der Waals surface area contributed by atoms with E-state index in [1.165, 1.54) is 12.0 Å². The molecule has 1 aliphatic rings. The van der Waals surface area contributed by atoms with Crippen LogP contribution < -0.4 is 0 Å². The topological polar surface area (TPSA) is 90.0 Å². The van der Waals surface area contributed by atoms with Crippen molar-refractivity contribution in [2.75, 3.05) is 25.7 Å². The molecular formula is C15H27NO6S. The fourth-order valence-electron chi connectivity index (χ4n) is 2.85. The predicted molar refractivity (Wildman–Crippen MR) is 85.9 cm³/mol. The third-order valence-electron chi connectivity index (χ3n) is 3.77. The van der Waals surface area contributed by atoms with Gasteiger partial charge in [-0.05, 0) is 46.5 Å². The molecule has 8 heteroatoms. The number of sulfone groups is 1.